The molecule has 2 aromatic rings. The molecule has 0 spiro atoms. The van der Waals surface area contributed by atoms with Gasteiger partial charge in [-0.1, -0.05) is 30.5 Å². The number of carbonyl (C=O) groups excluding carboxylic acids is 1. The van der Waals surface area contributed by atoms with Crippen molar-refractivity contribution < 1.29 is 13.6 Å². The second kappa shape index (κ2) is 7.71. The Hall–Kier alpha value is -3.25. The fourth-order valence-corrected chi connectivity index (χ4v) is 5.78. The van der Waals surface area contributed by atoms with Crippen molar-refractivity contribution in [1.82, 2.24) is 9.88 Å². The van der Waals surface area contributed by atoms with Crippen molar-refractivity contribution in [1.29, 1.82) is 0 Å². The summed E-state index contributed by atoms with van der Waals surface area (Å²) in [4.78, 5) is 26.0. The quantitative estimate of drug-likeness (QED) is 0.698. The highest BCUT2D eigenvalue weighted by Gasteiger charge is 2.71. The maximum absolute atomic E-state index is 15.0. The minimum absolute atomic E-state index is 0.0746. The van der Waals surface area contributed by atoms with Gasteiger partial charge in [0.2, 0.25) is 5.91 Å². The smallest absolute Gasteiger partial charge is 0.269 e. The number of amidine groups is 1. The van der Waals surface area contributed by atoms with Crippen LogP contribution in [-0.4, -0.2) is 39.8 Å². The Morgan fingerprint density at radius 2 is 2.12 bits per heavy atom. The van der Waals surface area contributed by atoms with Crippen LogP contribution < -0.4 is 5.73 Å². The Morgan fingerprint density at radius 1 is 1.38 bits per heavy atom. The second-order valence-corrected chi connectivity index (χ2v) is 9.64. The number of rotatable bonds is 4. The van der Waals surface area contributed by atoms with Gasteiger partial charge in [-0.3, -0.25) is 9.79 Å². The highest BCUT2D eigenvalue weighted by molar-refractivity contribution is 8.15. The van der Waals surface area contributed by atoms with Crippen LogP contribution >= 0.6 is 11.8 Å². The Bertz CT molecular complexity index is 1200. The fraction of sp³-hybridized carbons (Fsp3) is 0.304. The molecular weight excluding hydrogens is 432 g/mol. The Labute approximate surface area is 189 Å². The van der Waals surface area contributed by atoms with E-state index in [0.717, 1.165) is 0 Å². The summed E-state index contributed by atoms with van der Waals surface area (Å²) < 4.78 is 29.0. The third kappa shape index (κ3) is 3.54. The third-order valence-corrected chi connectivity index (χ3v) is 7.24. The molecule has 0 bridgehead atoms. The number of aliphatic imine (C=N–C) groups is 1. The zero-order valence-corrected chi connectivity index (χ0v) is 18.6. The molecule has 1 aromatic heterocycles. The number of nitrogens with zero attached hydrogens (tertiary/aromatic N) is 4. The molecule has 2 N–H and O–H groups in total. The van der Waals surface area contributed by atoms with Crippen molar-refractivity contribution >= 4 is 40.6 Å². The van der Waals surface area contributed by atoms with E-state index in [1.165, 1.54) is 53.2 Å². The minimum atomic E-state index is -1.05. The third-order valence-electron chi connectivity index (χ3n) is 5.95. The van der Waals surface area contributed by atoms with E-state index in [2.05, 4.69) is 14.8 Å². The molecule has 1 aliphatic heterocycles. The molecule has 1 amide bonds. The van der Waals surface area contributed by atoms with Crippen LogP contribution in [0, 0.1) is 18.3 Å². The van der Waals surface area contributed by atoms with Gasteiger partial charge in [-0.25, -0.2) is 8.78 Å². The van der Waals surface area contributed by atoms with Crippen LogP contribution in [0.15, 0.2) is 41.5 Å². The van der Waals surface area contributed by atoms with Gasteiger partial charge in [0.05, 0.1) is 11.1 Å². The molecule has 3 atom stereocenters. The standard InChI is InChI=1S/C23H21F2N5OS/c1-22(18-11-23(18,20(31)30(3)4)32-21(26)29-22)15-9-13(5-7-16(15)24)10-17(25)14-6-8-19(27-2)28-12-14/h5-10,12,18H,11H2,1,3-4H3,(H2,26,29)/b17-10-/t18-,22+,23-/m0/s1. The van der Waals surface area contributed by atoms with Crippen LogP contribution in [0.1, 0.15) is 30.0 Å². The average molecular weight is 454 g/mol. The molecule has 2 aliphatic rings. The fourth-order valence-electron chi connectivity index (χ4n) is 4.28. The summed E-state index contributed by atoms with van der Waals surface area (Å²) >= 11 is 1.23. The van der Waals surface area contributed by atoms with Crippen molar-refractivity contribution in [2.45, 2.75) is 23.6 Å². The first-order valence-electron chi connectivity index (χ1n) is 9.88. The topological polar surface area (TPSA) is 75.9 Å². The first-order chi connectivity index (χ1) is 15.1. The highest BCUT2D eigenvalue weighted by Crippen LogP contribution is 2.66. The Balaban J connectivity index is 1.72. The van der Waals surface area contributed by atoms with Crippen molar-refractivity contribution in [3.8, 4) is 0 Å². The molecule has 4 rings (SSSR count). The van der Waals surface area contributed by atoms with Crippen molar-refractivity contribution in [2.75, 3.05) is 14.1 Å². The lowest BCUT2D eigenvalue weighted by atomic mass is 9.84. The van der Waals surface area contributed by atoms with E-state index in [9.17, 15) is 13.6 Å². The lowest BCUT2D eigenvalue weighted by molar-refractivity contribution is -0.129. The van der Waals surface area contributed by atoms with Crippen molar-refractivity contribution in [3.63, 3.8) is 0 Å². The lowest BCUT2D eigenvalue weighted by Crippen LogP contribution is -2.43. The van der Waals surface area contributed by atoms with E-state index in [0.29, 0.717) is 12.0 Å². The molecule has 0 unspecified atom stereocenters. The molecule has 1 aromatic carbocycles. The summed E-state index contributed by atoms with van der Waals surface area (Å²) in [7, 11) is 3.36. The minimum Gasteiger partial charge on any atom is -0.378 e. The number of nitrogens with two attached hydrogens (primary N) is 1. The number of thioether (sulfide) groups is 1. The number of carbonyl (C=O) groups is 1. The summed E-state index contributed by atoms with van der Waals surface area (Å²) in [5, 5.41) is 0.231. The summed E-state index contributed by atoms with van der Waals surface area (Å²) in [6, 6.07) is 7.18. The Kier molecular flexibility index (Phi) is 5.29. The molecular formula is C23H21F2N5OS. The van der Waals surface area contributed by atoms with Gasteiger partial charge >= 0.3 is 0 Å². The van der Waals surface area contributed by atoms with E-state index in [4.69, 9.17) is 12.3 Å². The van der Waals surface area contributed by atoms with Crippen LogP contribution in [0.5, 0.6) is 0 Å². The second-order valence-electron chi connectivity index (χ2n) is 8.29. The van der Waals surface area contributed by atoms with Crippen LogP contribution in [-0.2, 0) is 10.3 Å². The van der Waals surface area contributed by atoms with Crippen molar-refractivity contribution in [2.24, 2.45) is 16.6 Å². The number of aromatic nitrogens is 1. The predicted molar refractivity (Wildman–Crippen MR) is 122 cm³/mol. The maximum atomic E-state index is 15.0. The van der Waals surface area contributed by atoms with Crippen molar-refractivity contribution in [3.05, 3.63) is 70.5 Å². The molecule has 1 saturated carbocycles. The normalized spacial score (nSPS) is 26.6. The van der Waals surface area contributed by atoms with E-state index < -0.39 is 21.9 Å². The molecule has 32 heavy (non-hydrogen) atoms. The van der Waals surface area contributed by atoms with Gasteiger partial charge in [-0.2, -0.15) is 0 Å². The van der Waals surface area contributed by atoms with E-state index in [-0.39, 0.29) is 33.9 Å². The molecule has 0 saturated heterocycles. The largest absolute Gasteiger partial charge is 0.378 e. The first kappa shape index (κ1) is 22.0. The molecule has 164 valence electrons. The number of pyridine rings is 1. The summed E-state index contributed by atoms with van der Waals surface area (Å²) in [6.07, 6.45) is 3.08. The van der Waals surface area contributed by atoms with Crippen LogP contribution in [0.3, 0.4) is 0 Å². The number of halogens is 2. The monoisotopic (exact) mass is 453 g/mol. The zero-order chi connectivity index (χ0) is 23.3. The lowest BCUT2D eigenvalue weighted by Gasteiger charge is -2.34. The van der Waals surface area contributed by atoms with Gasteiger partial charge in [-0.15, -0.1) is 4.98 Å². The van der Waals surface area contributed by atoms with E-state index in [1.54, 1.807) is 27.1 Å². The van der Waals surface area contributed by atoms with Crippen LogP contribution in [0.25, 0.3) is 16.7 Å². The number of amides is 1. The average Bonchev–Trinajstić information content (AvgIpc) is 3.51. The van der Waals surface area contributed by atoms with Crippen LogP contribution in [0.4, 0.5) is 14.6 Å². The summed E-state index contributed by atoms with van der Waals surface area (Å²) in [6.45, 7) is 8.70. The first-order valence-corrected chi connectivity index (χ1v) is 10.7. The SMILES string of the molecule is [C-]#[N+]c1ccc(/C(F)=C/c2ccc(F)c([C@@]3(C)N=C(N)S[C@@]4(C(=O)N(C)C)C[C@H]43)c2)cn1. The van der Waals surface area contributed by atoms with Gasteiger partial charge < -0.3 is 15.5 Å². The maximum Gasteiger partial charge on any atom is 0.269 e. The van der Waals surface area contributed by atoms with E-state index in [1.807, 2.05) is 0 Å². The van der Waals surface area contributed by atoms with Crippen LogP contribution in [0.2, 0.25) is 0 Å². The Morgan fingerprint density at radius 3 is 2.75 bits per heavy atom. The number of fused-ring (bicyclic) bond motifs is 1. The van der Waals surface area contributed by atoms with Gasteiger partial charge in [0, 0.05) is 25.6 Å². The van der Waals surface area contributed by atoms with Gasteiger partial charge in [0.15, 0.2) is 5.17 Å². The predicted octanol–water partition coefficient (Wildman–Crippen LogP) is 4.36. The number of benzene rings is 1. The molecule has 6 nitrogen and oxygen atoms in total. The zero-order valence-electron chi connectivity index (χ0n) is 17.8. The number of hydrogen-bond donors (Lipinski definition) is 1. The molecule has 0 radical (unpaired) electrons. The van der Waals surface area contributed by atoms with Gasteiger partial charge in [0.25, 0.3) is 5.82 Å². The molecule has 1 fully saturated rings. The summed E-state index contributed by atoms with van der Waals surface area (Å²) in [5.41, 5.74) is 5.94. The number of hydrogen-bond acceptors (Lipinski definition) is 5. The van der Waals surface area contributed by atoms with E-state index >= 15 is 0 Å². The van der Waals surface area contributed by atoms with Gasteiger partial charge in [-0.05, 0) is 43.2 Å². The molecule has 2 heterocycles. The molecule has 1 aliphatic carbocycles. The molecule has 9 heteroatoms. The highest BCUT2D eigenvalue weighted by atomic mass is 32.2. The van der Waals surface area contributed by atoms with Gasteiger partial charge in [0.1, 0.15) is 22.6 Å². The summed E-state index contributed by atoms with van der Waals surface area (Å²) in [5.74, 6) is -1.19.